The molecule has 1 aromatic carbocycles. The number of methoxy groups -OCH3 is 1. The lowest BCUT2D eigenvalue weighted by molar-refractivity contribution is -0.108. The van der Waals surface area contributed by atoms with Gasteiger partial charge < -0.3 is 24.8 Å². The molecule has 1 saturated heterocycles. The third-order valence-electron chi connectivity index (χ3n) is 6.80. The molecular formula is C27H40N6O3. The van der Waals surface area contributed by atoms with E-state index in [0.717, 1.165) is 99.5 Å². The Bertz CT molecular complexity index is 1040. The highest BCUT2D eigenvalue weighted by Crippen LogP contribution is 2.29. The van der Waals surface area contributed by atoms with Crippen LogP contribution in [-0.2, 0) is 33.7 Å². The number of imidazole rings is 1. The standard InChI is InChI=1S/C27H40N6O3/c1-22(36-3)9-10-23-24(29-21-35)11-12-25-27(23)30-26(8-6-4-5-7-13-28-20-34)33(25)19-18-32-16-14-31(2)15-17-32/h4-5,7,11-13,20-22H,6,8-10,14-19H2,1-3H3,(H,28,34)(H,29,35)/b5-4-,13-7-. The van der Waals surface area contributed by atoms with Crippen LogP contribution in [0.5, 0.6) is 0 Å². The molecule has 1 aromatic heterocycles. The van der Waals surface area contributed by atoms with Crippen LogP contribution in [0.3, 0.4) is 0 Å². The zero-order valence-electron chi connectivity index (χ0n) is 21.8. The first-order valence-corrected chi connectivity index (χ1v) is 12.7. The molecule has 1 unspecified atom stereocenters. The normalized spacial score (nSPS) is 16.2. The number of fused-ring (bicyclic) bond motifs is 1. The van der Waals surface area contributed by atoms with Gasteiger partial charge >= 0.3 is 0 Å². The predicted octanol–water partition coefficient (Wildman–Crippen LogP) is 2.57. The zero-order chi connectivity index (χ0) is 25.8. The van der Waals surface area contributed by atoms with Crippen LogP contribution >= 0.6 is 0 Å². The number of aryl methyl sites for hydroxylation is 2. The molecule has 2 heterocycles. The van der Waals surface area contributed by atoms with Crippen molar-refractivity contribution in [1.29, 1.82) is 0 Å². The SMILES string of the molecule is COC(C)CCc1c(NC=O)ccc2c1nc(CC/C=C\C=C/NC=O)n2CCN1CCN(C)CC1. The Hall–Kier alpha value is -3.01. The number of hydrogen-bond donors (Lipinski definition) is 2. The van der Waals surface area contributed by atoms with Crippen LogP contribution in [0.2, 0.25) is 0 Å². The summed E-state index contributed by atoms with van der Waals surface area (Å²) in [4.78, 5) is 31.6. The molecule has 9 heteroatoms. The second kappa shape index (κ2) is 14.5. The maximum atomic E-state index is 11.3. The van der Waals surface area contributed by atoms with Crippen molar-refractivity contribution < 1.29 is 14.3 Å². The Kier molecular flexibility index (Phi) is 11.1. The van der Waals surface area contributed by atoms with Crippen LogP contribution < -0.4 is 10.6 Å². The molecule has 2 amide bonds. The molecule has 0 spiro atoms. The van der Waals surface area contributed by atoms with Gasteiger partial charge in [0, 0.05) is 70.2 Å². The lowest BCUT2D eigenvalue weighted by atomic mass is 10.0. The van der Waals surface area contributed by atoms with E-state index in [2.05, 4.69) is 51.1 Å². The number of anilines is 1. The molecule has 1 aliphatic heterocycles. The van der Waals surface area contributed by atoms with Gasteiger partial charge in [-0.1, -0.05) is 12.2 Å². The first-order valence-electron chi connectivity index (χ1n) is 12.7. The molecule has 0 bridgehead atoms. The van der Waals surface area contributed by atoms with Gasteiger partial charge in [0.1, 0.15) is 5.82 Å². The average molecular weight is 497 g/mol. The van der Waals surface area contributed by atoms with Crippen molar-refractivity contribution in [2.45, 2.75) is 45.3 Å². The molecule has 2 N–H and O–H groups in total. The molecule has 196 valence electrons. The fourth-order valence-electron chi connectivity index (χ4n) is 4.50. The van der Waals surface area contributed by atoms with Crippen LogP contribution in [0.4, 0.5) is 5.69 Å². The Balaban J connectivity index is 1.88. The molecule has 9 nitrogen and oxygen atoms in total. The highest BCUT2D eigenvalue weighted by Gasteiger charge is 2.19. The van der Waals surface area contributed by atoms with Crippen LogP contribution in [0, 0.1) is 0 Å². The third-order valence-corrected chi connectivity index (χ3v) is 6.80. The summed E-state index contributed by atoms with van der Waals surface area (Å²) < 4.78 is 7.81. The predicted molar refractivity (Wildman–Crippen MR) is 144 cm³/mol. The van der Waals surface area contributed by atoms with E-state index in [1.807, 2.05) is 12.1 Å². The number of benzene rings is 1. The number of carbonyl (C=O) groups excluding carboxylic acids is 2. The van der Waals surface area contributed by atoms with E-state index in [4.69, 9.17) is 9.72 Å². The molecule has 2 aromatic rings. The molecule has 1 atom stereocenters. The van der Waals surface area contributed by atoms with E-state index in [-0.39, 0.29) is 6.10 Å². The Morgan fingerprint density at radius 1 is 1.08 bits per heavy atom. The van der Waals surface area contributed by atoms with Crippen LogP contribution in [0.25, 0.3) is 11.0 Å². The van der Waals surface area contributed by atoms with E-state index >= 15 is 0 Å². The van der Waals surface area contributed by atoms with E-state index in [1.165, 1.54) is 0 Å². The summed E-state index contributed by atoms with van der Waals surface area (Å²) >= 11 is 0. The minimum Gasteiger partial charge on any atom is -0.382 e. The number of ether oxygens (including phenoxy) is 1. The van der Waals surface area contributed by atoms with Gasteiger partial charge in [-0.05, 0) is 51.4 Å². The number of nitrogens with zero attached hydrogens (tertiary/aromatic N) is 4. The molecule has 0 radical (unpaired) electrons. The summed E-state index contributed by atoms with van der Waals surface area (Å²) in [6, 6.07) is 4.07. The summed E-state index contributed by atoms with van der Waals surface area (Å²) in [6.45, 7) is 8.25. The largest absolute Gasteiger partial charge is 0.382 e. The molecule has 3 rings (SSSR count). The molecule has 1 aliphatic rings. The first-order chi connectivity index (χ1) is 17.6. The fraction of sp³-hybridized carbons (Fsp3) is 0.519. The second-order valence-corrected chi connectivity index (χ2v) is 9.24. The minimum atomic E-state index is 0.120. The summed E-state index contributed by atoms with van der Waals surface area (Å²) in [7, 11) is 3.90. The second-order valence-electron chi connectivity index (χ2n) is 9.24. The van der Waals surface area contributed by atoms with Gasteiger partial charge in [0.25, 0.3) is 0 Å². The van der Waals surface area contributed by atoms with E-state index in [1.54, 1.807) is 19.4 Å². The van der Waals surface area contributed by atoms with Crippen LogP contribution in [0.15, 0.2) is 36.6 Å². The first kappa shape index (κ1) is 27.6. The zero-order valence-corrected chi connectivity index (χ0v) is 21.8. The van der Waals surface area contributed by atoms with Crippen molar-refractivity contribution in [2.24, 2.45) is 0 Å². The quantitative estimate of drug-likeness (QED) is 0.291. The van der Waals surface area contributed by atoms with Gasteiger partial charge in [-0.2, -0.15) is 0 Å². The number of likely N-dealkylation sites (N-methyl/N-ethyl adjacent to an activating group) is 1. The smallest absolute Gasteiger partial charge is 0.211 e. The number of rotatable bonds is 15. The summed E-state index contributed by atoms with van der Waals surface area (Å²) in [5.41, 5.74) is 3.93. The monoisotopic (exact) mass is 496 g/mol. The maximum absolute atomic E-state index is 11.3. The van der Waals surface area contributed by atoms with Crippen LogP contribution in [0.1, 0.15) is 31.2 Å². The van der Waals surface area contributed by atoms with Crippen molar-refractivity contribution in [3.8, 4) is 0 Å². The summed E-state index contributed by atoms with van der Waals surface area (Å²) in [5, 5.41) is 5.37. The number of aromatic nitrogens is 2. The molecule has 1 fully saturated rings. The number of carbonyl (C=O) groups is 2. The maximum Gasteiger partial charge on any atom is 0.211 e. The number of hydrogen-bond acceptors (Lipinski definition) is 6. The Labute approximate surface area is 214 Å². The van der Waals surface area contributed by atoms with E-state index in [9.17, 15) is 9.59 Å². The topological polar surface area (TPSA) is 91.7 Å². The average Bonchev–Trinajstić information content (AvgIpc) is 3.24. The van der Waals surface area contributed by atoms with Gasteiger partial charge in [0.05, 0.1) is 17.1 Å². The fourth-order valence-corrected chi connectivity index (χ4v) is 4.50. The highest BCUT2D eigenvalue weighted by molar-refractivity contribution is 5.88. The molecule has 0 saturated carbocycles. The van der Waals surface area contributed by atoms with Gasteiger partial charge in [0.2, 0.25) is 12.8 Å². The van der Waals surface area contributed by atoms with Gasteiger partial charge in [-0.15, -0.1) is 0 Å². The molecule has 0 aliphatic carbocycles. The van der Waals surface area contributed by atoms with Gasteiger partial charge in [0.15, 0.2) is 0 Å². The summed E-state index contributed by atoms with van der Waals surface area (Å²) in [6.07, 6.45) is 12.1. The van der Waals surface area contributed by atoms with Crippen molar-refractivity contribution in [1.82, 2.24) is 24.7 Å². The Morgan fingerprint density at radius 2 is 1.89 bits per heavy atom. The summed E-state index contributed by atoms with van der Waals surface area (Å²) in [5.74, 6) is 1.04. The number of amides is 2. The highest BCUT2D eigenvalue weighted by atomic mass is 16.5. The minimum absolute atomic E-state index is 0.120. The Morgan fingerprint density at radius 3 is 2.61 bits per heavy atom. The molecule has 36 heavy (non-hydrogen) atoms. The van der Waals surface area contributed by atoms with E-state index < -0.39 is 0 Å². The van der Waals surface area contributed by atoms with Crippen molar-refractivity contribution in [3.05, 3.63) is 47.9 Å². The number of piperazine rings is 1. The number of nitrogens with one attached hydrogen (secondary N) is 2. The lowest BCUT2D eigenvalue weighted by Crippen LogP contribution is -2.45. The third kappa shape index (κ3) is 7.74. The molecular weight excluding hydrogens is 456 g/mol. The van der Waals surface area contributed by atoms with E-state index in [0.29, 0.717) is 6.41 Å². The van der Waals surface area contributed by atoms with Crippen molar-refractivity contribution >= 4 is 29.5 Å². The van der Waals surface area contributed by atoms with Crippen molar-refractivity contribution in [3.63, 3.8) is 0 Å². The van der Waals surface area contributed by atoms with Gasteiger partial charge in [-0.25, -0.2) is 4.98 Å². The van der Waals surface area contributed by atoms with Gasteiger partial charge in [-0.3, -0.25) is 14.5 Å². The number of allylic oxidation sites excluding steroid dienone is 3. The van der Waals surface area contributed by atoms with Crippen molar-refractivity contribution in [2.75, 3.05) is 52.2 Å². The van der Waals surface area contributed by atoms with Crippen LogP contribution in [-0.4, -0.2) is 85.2 Å². The lowest BCUT2D eigenvalue weighted by Gasteiger charge is -2.32.